The van der Waals surface area contributed by atoms with Crippen LogP contribution in [-0.2, 0) is 16.0 Å². The number of oxazole rings is 1. The standard InChI is InChI=1S/C20H26N2O3/c1-14(2)15-4-6-16(7-5-15)18-12-21-19(25-18)8-9-20(23)22-11-10-17(13-22)24-3/h4-7,12,14,17H,8-11,13H2,1-3H3. The van der Waals surface area contributed by atoms with Gasteiger partial charge < -0.3 is 14.1 Å². The van der Waals surface area contributed by atoms with Gasteiger partial charge in [-0.2, -0.15) is 0 Å². The number of carbonyl (C=O) groups excluding carboxylic acids is 1. The topological polar surface area (TPSA) is 55.6 Å². The number of ether oxygens (including phenoxy) is 1. The van der Waals surface area contributed by atoms with E-state index in [0.717, 1.165) is 24.3 Å². The number of nitrogens with zero attached hydrogens (tertiary/aromatic N) is 2. The van der Waals surface area contributed by atoms with Crippen molar-refractivity contribution < 1.29 is 13.9 Å². The van der Waals surface area contributed by atoms with Gasteiger partial charge in [0.1, 0.15) is 0 Å². The van der Waals surface area contributed by atoms with Gasteiger partial charge in [-0.25, -0.2) is 4.98 Å². The molecule has 1 atom stereocenters. The van der Waals surface area contributed by atoms with Crippen LogP contribution in [0.15, 0.2) is 34.9 Å². The zero-order valence-corrected chi connectivity index (χ0v) is 15.2. The van der Waals surface area contributed by atoms with E-state index in [1.807, 2.05) is 4.90 Å². The van der Waals surface area contributed by atoms with Crippen molar-refractivity contribution in [2.24, 2.45) is 0 Å². The maximum atomic E-state index is 12.3. The van der Waals surface area contributed by atoms with E-state index in [2.05, 4.69) is 43.1 Å². The molecule has 1 fully saturated rings. The van der Waals surface area contributed by atoms with Crippen molar-refractivity contribution in [2.75, 3.05) is 20.2 Å². The van der Waals surface area contributed by atoms with Crippen molar-refractivity contribution in [3.8, 4) is 11.3 Å². The lowest BCUT2D eigenvalue weighted by Crippen LogP contribution is -2.30. The first-order valence-electron chi connectivity index (χ1n) is 8.92. The van der Waals surface area contributed by atoms with Crippen molar-refractivity contribution in [3.63, 3.8) is 0 Å². The Morgan fingerprint density at radius 3 is 2.76 bits per heavy atom. The summed E-state index contributed by atoms with van der Waals surface area (Å²) in [4.78, 5) is 18.4. The van der Waals surface area contributed by atoms with Gasteiger partial charge >= 0.3 is 0 Å². The Kier molecular flexibility index (Phi) is 5.53. The van der Waals surface area contributed by atoms with Crippen molar-refractivity contribution in [1.29, 1.82) is 0 Å². The average molecular weight is 342 g/mol. The minimum absolute atomic E-state index is 0.139. The molecule has 0 bridgehead atoms. The third-order valence-electron chi connectivity index (χ3n) is 4.80. The predicted molar refractivity (Wildman–Crippen MR) is 96.3 cm³/mol. The second-order valence-electron chi connectivity index (χ2n) is 6.88. The molecule has 1 aliphatic heterocycles. The number of aryl methyl sites for hydroxylation is 1. The van der Waals surface area contributed by atoms with Crippen LogP contribution in [0, 0.1) is 0 Å². The van der Waals surface area contributed by atoms with E-state index in [-0.39, 0.29) is 12.0 Å². The maximum absolute atomic E-state index is 12.3. The van der Waals surface area contributed by atoms with E-state index >= 15 is 0 Å². The van der Waals surface area contributed by atoms with Gasteiger partial charge in [0.2, 0.25) is 5.91 Å². The zero-order valence-electron chi connectivity index (χ0n) is 15.2. The highest BCUT2D eigenvalue weighted by Crippen LogP contribution is 2.24. The number of carbonyl (C=O) groups is 1. The Labute approximate surface area is 149 Å². The fourth-order valence-corrected chi connectivity index (χ4v) is 3.11. The van der Waals surface area contributed by atoms with Crippen LogP contribution in [0.4, 0.5) is 0 Å². The Morgan fingerprint density at radius 1 is 1.36 bits per heavy atom. The fourth-order valence-electron chi connectivity index (χ4n) is 3.11. The maximum Gasteiger partial charge on any atom is 0.223 e. The predicted octanol–water partition coefficient (Wildman–Crippen LogP) is 3.64. The molecule has 2 heterocycles. The number of hydrogen-bond donors (Lipinski definition) is 0. The van der Waals surface area contributed by atoms with E-state index in [0.29, 0.717) is 31.2 Å². The van der Waals surface area contributed by atoms with Crippen LogP contribution >= 0.6 is 0 Å². The summed E-state index contributed by atoms with van der Waals surface area (Å²) in [5.41, 5.74) is 2.31. The summed E-state index contributed by atoms with van der Waals surface area (Å²) < 4.78 is 11.1. The molecule has 0 spiro atoms. The number of rotatable bonds is 6. The zero-order chi connectivity index (χ0) is 17.8. The Bertz CT molecular complexity index is 706. The van der Waals surface area contributed by atoms with Crippen molar-refractivity contribution in [3.05, 3.63) is 41.9 Å². The Hall–Kier alpha value is -2.14. The number of benzene rings is 1. The van der Waals surface area contributed by atoms with Gasteiger partial charge in [0.05, 0.1) is 12.3 Å². The minimum Gasteiger partial charge on any atom is -0.441 e. The lowest BCUT2D eigenvalue weighted by molar-refractivity contribution is -0.130. The summed E-state index contributed by atoms with van der Waals surface area (Å²) >= 11 is 0. The molecule has 1 amide bonds. The Balaban J connectivity index is 1.56. The van der Waals surface area contributed by atoms with Gasteiger partial charge in [0.15, 0.2) is 11.7 Å². The molecule has 0 N–H and O–H groups in total. The smallest absolute Gasteiger partial charge is 0.223 e. The van der Waals surface area contributed by atoms with Gasteiger partial charge in [-0.15, -0.1) is 0 Å². The van der Waals surface area contributed by atoms with Gasteiger partial charge in [0, 0.05) is 38.6 Å². The SMILES string of the molecule is COC1CCN(C(=O)CCc2ncc(-c3ccc(C(C)C)cc3)o2)C1. The van der Waals surface area contributed by atoms with Crippen LogP contribution in [0.25, 0.3) is 11.3 Å². The van der Waals surface area contributed by atoms with Gasteiger partial charge in [-0.05, 0) is 17.9 Å². The summed E-state index contributed by atoms with van der Waals surface area (Å²) in [6, 6.07) is 8.34. The molecule has 1 unspecified atom stereocenters. The van der Waals surface area contributed by atoms with Crippen LogP contribution in [0.2, 0.25) is 0 Å². The molecule has 5 heteroatoms. The first kappa shape index (κ1) is 17.7. The molecule has 0 saturated carbocycles. The number of hydrogen-bond acceptors (Lipinski definition) is 4. The highest BCUT2D eigenvalue weighted by Gasteiger charge is 2.25. The van der Waals surface area contributed by atoms with Gasteiger partial charge in [0.25, 0.3) is 0 Å². The number of aromatic nitrogens is 1. The molecule has 134 valence electrons. The van der Waals surface area contributed by atoms with Crippen LogP contribution in [-0.4, -0.2) is 42.1 Å². The molecule has 2 aromatic rings. The van der Waals surface area contributed by atoms with E-state index in [1.165, 1.54) is 5.56 Å². The lowest BCUT2D eigenvalue weighted by Gasteiger charge is -2.15. The summed E-state index contributed by atoms with van der Waals surface area (Å²) in [5, 5.41) is 0. The number of likely N-dealkylation sites (tertiary alicyclic amines) is 1. The van der Waals surface area contributed by atoms with Crippen molar-refractivity contribution >= 4 is 5.91 Å². The Morgan fingerprint density at radius 2 is 2.12 bits per heavy atom. The van der Waals surface area contributed by atoms with Crippen LogP contribution in [0.1, 0.15) is 44.1 Å². The molecule has 1 saturated heterocycles. The van der Waals surface area contributed by atoms with Gasteiger partial charge in [-0.1, -0.05) is 38.1 Å². The lowest BCUT2D eigenvalue weighted by atomic mass is 10.0. The molecular formula is C20H26N2O3. The highest BCUT2D eigenvalue weighted by atomic mass is 16.5. The molecular weight excluding hydrogens is 316 g/mol. The molecule has 1 aromatic heterocycles. The summed E-state index contributed by atoms with van der Waals surface area (Å²) in [6.45, 7) is 5.81. The second kappa shape index (κ2) is 7.83. The third-order valence-corrected chi connectivity index (χ3v) is 4.80. The number of methoxy groups -OCH3 is 1. The first-order valence-corrected chi connectivity index (χ1v) is 8.92. The molecule has 1 aromatic carbocycles. The minimum atomic E-state index is 0.139. The molecule has 1 aliphatic rings. The average Bonchev–Trinajstić information content (AvgIpc) is 3.29. The monoisotopic (exact) mass is 342 g/mol. The summed E-state index contributed by atoms with van der Waals surface area (Å²) in [6.07, 6.45) is 3.77. The van der Waals surface area contributed by atoms with E-state index in [4.69, 9.17) is 9.15 Å². The van der Waals surface area contributed by atoms with Crippen LogP contribution in [0.3, 0.4) is 0 Å². The molecule has 25 heavy (non-hydrogen) atoms. The largest absolute Gasteiger partial charge is 0.441 e. The molecule has 0 aliphatic carbocycles. The fraction of sp³-hybridized carbons (Fsp3) is 0.500. The molecule has 0 radical (unpaired) electrons. The van der Waals surface area contributed by atoms with Crippen LogP contribution in [0.5, 0.6) is 0 Å². The van der Waals surface area contributed by atoms with E-state index in [1.54, 1.807) is 13.3 Å². The summed E-state index contributed by atoms with van der Waals surface area (Å²) in [5.74, 6) is 2.01. The third kappa shape index (κ3) is 4.28. The van der Waals surface area contributed by atoms with E-state index in [9.17, 15) is 4.79 Å². The highest BCUT2D eigenvalue weighted by molar-refractivity contribution is 5.76. The first-order chi connectivity index (χ1) is 12.1. The van der Waals surface area contributed by atoms with Crippen LogP contribution < -0.4 is 0 Å². The quantitative estimate of drug-likeness (QED) is 0.804. The number of amides is 1. The van der Waals surface area contributed by atoms with Crippen molar-refractivity contribution in [1.82, 2.24) is 9.88 Å². The van der Waals surface area contributed by atoms with E-state index < -0.39 is 0 Å². The summed E-state index contributed by atoms with van der Waals surface area (Å²) in [7, 11) is 1.70. The molecule has 5 nitrogen and oxygen atoms in total. The normalized spacial score (nSPS) is 17.4. The molecule has 3 rings (SSSR count). The van der Waals surface area contributed by atoms with Crippen molar-refractivity contribution in [2.45, 2.75) is 45.1 Å². The van der Waals surface area contributed by atoms with Gasteiger partial charge in [-0.3, -0.25) is 4.79 Å². The second-order valence-corrected chi connectivity index (χ2v) is 6.88.